The zero-order valence-corrected chi connectivity index (χ0v) is 19.2. The molecule has 0 fully saturated rings. The molecule has 7 nitrogen and oxygen atoms in total. The second-order valence-corrected chi connectivity index (χ2v) is 8.66. The van der Waals surface area contributed by atoms with Crippen molar-refractivity contribution in [1.82, 2.24) is 24.1 Å². The van der Waals surface area contributed by atoms with Gasteiger partial charge in [-0.3, -0.25) is 14.0 Å². The van der Waals surface area contributed by atoms with E-state index in [1.807, 2.05) is 67.6 Å². The van der Waals surface area contributed by atoms with Gasteiger partial charge in [-0.2, -0.15) is 0 Å². The lowest BCUT2D eigenvalue weighted by Gasteiger charge is -2.20. The quantitative estimate of drug-likeness (QED) is 0.318. The van der Waals surface area contributed by atoms with Gasteiger partial charge in [-0.05, 0) is 44.5 Å². The van der Waals surface area contributed by atoms with Crippen molar-refractivity contribution in [2.45, 2.75) is 25.9 Å². The first-order valence-electron chi connectivity index (χ1n) is 10.4. The molecule has 0 spiro atoms. The van der Waals surface area contributed by atoms with Crippen LogP contribution >= 0.6 is 11.8 Å². The summed E-state index contributed by atoms with van der Waals surface area (Å²) in [6, 6.07) is 15.1. The van der Waals surface area contributed by atoms with Crippen molar-refractivity contribution in [2.24, 2.45) is 0 Å². The van der Waals surface area contributed by atoms with Crippen molar-refractivity contribution in [3.05, 3.63) is 76.6 Å². The van der Waals surface area contributed by atoms with Crippen molar-refractivity contribution in [3.63, 3.8) is 0 Å². The van der Waals surface area contributed by atoms with E-state index in [1.165, 1.54) is 11.8 Å². The summed E-state index contributed by atoms with van der Waals surface area (Å²) < 4.78 is 3.45. The first-order chi connectivity index (χ1) is 15.4. The number of hydrogen-bond acceptors (Lipinski definition) is 5. The summed E-state index contributed by atoms with van der Waals surface area (Å²) in [6.45, 7) is 10.9. The van der Waals surface area contributed by atoms with Crippen LogP contribution in [0.5, 0.6) is 0 Å². The number of aryl methyl sites for hydroxylation is 1. The van der Waals surface area contributed by atoms with Crippen molar-refractivity contribution in [2.75, 3.05) is 18.8 Å². The largest absolute Gasteiger partial charge is 0.338 e. The fourth-order valence-corrected chi connectivity index (χ4v) is 4.57. The van der Waals surface area contributed by atoms with E-state index in [2.05, 4.69) is 16.8 Å². The first-order valence-corrected chi connectivity index (χ1v) is 11.4. The number of likely N-dealkylation sites (N-methyl/N-ethyl adjacent to an activating group) is 1. The number of carbonyl (C=O) groups excluding carboxylic acids is 1. The lowest BCUT2D eigenvalue weighted by Crippen LogP contribution is -2.33. The van der Waals surface area contributed by atoms with E-state index in [9.17, 15) is 9.59 Å². The van der Waals surface area contributed by atoms with Crippen molar-refractivity contribution < 1.29 is 4.79 Å². The van der Waals surface area contributed by atoms with Crippen molar-refractivity contribution in [1.29, 1.82) is 0 Å². The molecule has 4 aromatic rings. The van der Waals surface area contributed by atoms with Crippen LogP contribution in [0, 0.1) is 6.92 Å². The third-order valence-corrected chi connectivity index (χ3v) is 6.18. The summed E-state index contributed by atoms with van der Waals surface area (Å²) in [5, 5.41) is 9.83. The molecule has 0 radical (unpaired) electrons. The molecule has 4 rings (SSSR count). The molecule has 2 heterocycles. The van der Waals surface area contributed by atoms with Gasteiger partial charge >= 0.3 is 0 Å². The van der Waals surface area contributed by atoms with Gasteiger partial charge in [0, 0.05) is 13.1 Å². The average molecular weight is 448 g/mol. The summed E-state index contributed by atoms with van der Waals surface area (Å²) in [6.07, 6.45) is 0. The minimum Gasteiger partial charge on any atom is -0.338 e. The molecule has 0 aliphatic heterocycles. The molecular weight excluding hydrogens is 422 g/mol. The van der Waals surface area contributed by atoms with Crippen molar-refractivity contribution in [3.8, 4) is 5.69 Å². The molecule has 0 saturated carbocycles. The van der Waals surface area contributed by atoms with Gasteiger partial charge in [0.1, 0.15) is 0 Å². The number of nitrogens with zero attached hydrogens (tertiary/aromatic N) is 5. The molecule has 32 heavy (non-hydrogen) atoms. The molecule has 0 aliphatic carbocycles. The Morgan fingerprint density at radius 1 is 1.12 bits per heavy atom. The summed E-state index contributed by atoms with van der Waals surface area (Å²) in [5.74, 6) is 0.653. The normalized spacial score (nSPS) is 11.2. The van der Waals surface area contributed by atoms with Crippen LogP contribution in [0.1, 0.15) is 19.4 Å². The number of rotatable bonds is 7. The summed E-state index contributed by atoms with van der Waals surface area (Å²) in [5.41, 5.74) is 3.21. The Labute approximate surface area is 190 Å². The Bertz CT molecular complexity index is 1390. The molecule has 0 N–H and O–H groups in total. The molecule has 0 unspecified atom stereocenters. The molecule has 0 bridgehead atoms. The second-order valence-electron chi connectivity index (χ2n) is 7.72. The van der Waals surface area contributed by atoms with E-state index < -0.39 is 0 Å². The number of hydrogen-bond donors (Lipinski definition) is 0. The highest BCUT2D eigenvalue weighted by Crippen LogP contribution is 2.24. The minimum absolute atomic E-state index is 0.00813. The van der Waals surface area contributed by atoms with Gasteiger partial charge < -0.3 is 4.90 Å². The van der Waals surface area contributed by atoms with E-state index in [0.717, 1.165) is 16.8 Å². The van der Waals surface area contributed by atoms with Crippen LogP contribution in [0.25, 0.3) is 22.4 Å². The smallest absolute Gasteiger partial charge is 0.267 e. The fourth-order valence-electron chi connectivity index (χ4n) is 3.72. The molecule has 0 atom stereocenters. The van der Waals surface area contributed by atoms with Crippen LogP contribution in [0.3, 0.4) is 0 Å². The molecule has 164 valence electrons. The third kappa shape index (κ3) is 3.93. The number of thioether (sulfide) groups is 1. The van der Waals surface area contributed by atoms with E-state index in [-0.39, 0.29) is 17.2 Å². The average Bonchev–Trinajstić information content (AvgIpc) is 3.21. The Morgan fingerprint density at radius 3 is 2.56 bits per heavy atom. The van der Waals surface area contributed by atoms with Crippen LogP contribution < -0.4 is 5.56 Å². The fraction of sp³-hybridized carbons (Fsp3) is 0.250. The Morgan fingerprint density at radius 2 is 1.84 bits per heavy atom. The monoisotopic (exact) mass is 447 g/mol. The maximum Gasteiger partial charge on any atom is 0.267 e. The van der Waals surface area contributed by atoms with E-state index in [0.29, 0.717) is 34.9 Å². The van der Waals surface area contributed by atoms with Crippen molar-refractivity contribution >= 4 is 34.3 Å². The number of amides is 1. The van der Waals surface area contributed by atoms with Crippen LogP contribution in [-0.4, -0.2) is 48.8 Å². The lowest BCUT2D eigenvalue weighted by molar-refractivity contribution is -0.127. The topological polar surface area (TPSA) is 72.5 Å². The molecule has 0 aliphatic rings. The van der Waals surface area contributed by atoms with Gasteiger partial charge in [-0.15, -0.1) is 10.2 Å². The Kier molecular flexibility index (Phi) is 6.14. The zero-order valence-electron chi connectivity index (χ0n) is 18.4. The highest BCUT2D eigenvalue weighted by Gasteiger charge is 2.20. The van der Waals surface area contributed by atoms with Crippen LogP contribution in [0.4, 0.5) is 0 Å². The van der Waals surface area contributed by atoms with Gasteiger partial charge in [0.15, 0.2) is 5.16 Å². The SMILES string of the molecule is C=C(C)CN(CC)C(=O)CSc1nnc2n(-c3ccccc3C)c(=O)c3ccccc3n12. The second kappa shape index (κ2) is 9.00. The van der Waals surface area contributed by atoms with Gasteiger partial charge in [0.25, 0.3) is 5.56 Å². The highest BCUT2D eigenvalue weighted by atomic mass is 32.2. The van der Waals surface area contributed by atoms with E-state index >= 15 is 0 Å². The summed E-state index contributed by atoms with van der Waals surface area (Å²) in [7, 11) is 0. The number of aromatic nitrogens is 4. The summed E-state index contributed by atoms with van der Waals surface area (Å²) >= 11 is 1.32. The van der Waals surface area contributed by atoms with E-state index in [4.69, 9.17) is 0 Å². The van der Waals surface area contributed by atoms with Gasteiger partial charge in [-0.25, -0.2) is 4.57 Å². The molecule has 0 saturated heterocycles. The number of para-hydroxylation sites is 2. The first kappa shape index (κ1) is 21.8. The number of benzene rings is 2. The van der Waals surface area contributed by atoms with Crippen LogP contribution in [-0.2, 0) is 4.79 Å². The molecule has 2 aromatic carbocycles. The predicted molar refractivity (Wildman–Crippen MR) is 129 cm³/mol. The maximum atomic E-state index is 13.4. The molecule has 8 heteroatoms. The maximum absolute atomic E-state index is 13.4. The van der Waals surface area contributed by atoms with E-state index in [1.54, 1.807) is 15.5 Å². The number of fused-ring (bicyclic) bond motifs is 3. The van der Waals surface area contributed by atoms with Crippen LogP contribution in [0.15, 0.2) is 70.6 Å². The van der Waals surface area contributed by atoms with Crippen LogP contribution in [0.2, 0.25) is 0 Å². The molecular formula is C24H25N5O2S. The standard InChI is InChI=1S/C24H25N5O2S/c1-5-27(14-16(2)3)21(30)15-32-24-26-25-23-28(19-12-8-6-10-17(19)4)22(31)18-11-7-9-13-20(18)29(23)24/h6-13H,2,5,14-15H2,1,3-4H3. The minimum atomic E-state index is -0.152. The zero-order chi connectivity index (χ0) is 22.8. The predicted octanol–water partition coefficient (Wildman–Crippen LogP) is 3.86. The number of carbonyl (C=O) groups is 1. The van der Waals surface area contributed by atoms with Gasteiger partial charge in [0.2, 0.25) is 11.7 Å². The third-order valence-electron chi connectivity index (χ3n) is 5.27. The van der Waals surface area contributed by atoms with Gasteiger partial charge in [0.05, 0.1) is 22.3 Å². The molecule has 1 amide bonds. The summed E-state index contributed by atoms with van der Waals surface area (Å²) in [4.78, 5) is 27.9. The van der Waals surface area contributed by atoms with Gasteiger partial charge in [-0.1, -0.05) is 54.2 Å². The lowest BCUT2D eigenvalue weighted by atomic mass is 10.2. The Balaban J connectivity index is 1.83. The Hall–Kier alpha value is -3.39. The molecule has 2 aromatic heterocycles. The highest BCUT2D eigenvalue weighted by molar-refractivity contribution is 7.99.